The summed E-state index contributed by atoms with van der Waals surface area (Å²) in [6.07, 6.45) is 14.4. The lowest BCUT2D eigenvalue weighted by atomic mass is 9.74. The molecular formula is C18H33NO2. The fourth-order valence-corrected chi connectivity index (χ4v) is 5.16. The van der Waals surface area contributed by atoms with Gasteiger partial charge < -0.3 is 15.2 Å². The summed E-state index contributed by atoms with van der Waals surface area (Å²) in [5.41, 5.74) is 6.88. The summed E-state index contributed by atoms with van der Waals surface area (Å²) in [4.78, 5) is 0. The summed E-state index contributed by atoms with van der Waals surface area (Å²) in [5, 5.41) is 0. The van der Waals surface area contributed by atoms with E-state index in [1.54, 1.807) is 0 Å². The lowest BCUT2D eigenvalue weighted by molar-refractivity contribution is -0.108. The molecule has 1 saturated heterocycles. The second-order valence-electron chi connectivity index (χ2n) is 7.67. The topological polar surface area (TPSA) is 44.5 Å². The predicted molar refractivity (Wildman–Crippen MR) is 85.2 cm³/mol. The lowest BCUT2D eigenvalue weighted by Crippen LogP contribution is -2.51. The van der Waals surface area contributed by atoms with Gasteiger partial charge in [-0.1, -0.05) is 32.1 Å². The molecule has 2 N–H and O–H groups in total. The molecule has 122 valence electrons. The highest BCUT2D eigenvalue weighted by atomic mass is 16.5. The Balaban J connectivity index is 1.63. The minimum Gasteiger partial charge on any atom is -0.380 e. The van der Waals surface area contributed by atoms with Gasteiger partial charge in [0.1, 0.15) is 0 Å². The van der Waals surface area contributed by atoms with E-state index in [2.05, 4.69) is 0 Å². The van der Waals surface area contributed by atoms with E-state index < -0.39 is 0 Å². The van der Waals surface area contributed by atoms with E-state index in [1.807, 2.05) is 7.11 Å². The van der Waals surface area contributed by atoms with Crippen molar-refractivity contribution in [2.45, 2.75) is 88.4 Å². The predicted octanol–water partition coefficient (Wildman–Crippen LogP) is 3.65. The zero-order valence-corrected chi connectivity index (χ0v) is 13.7. The van der Waals surface area contributed by atoms with Crippen molar-refractivity contribution in [2.24, 2.45) is 17.6 Å². The van der Waals surface area contributed by atoms with Crippen molar-refractivity contribution in [1.82, 2.24) is 0 Å². The third-order valence-corrected chi connectivity index (χ3v) is 6.36. The highest BCUT2D eigenvalue weighted by Gasteiger charge is 2.43. The van der Waals surface area contributed by atoms with Gasteiger partial charge in [0.15, 0.2) is 0 Å². The van der Waals surface area contributed by atoms with Gasteiger partial charge in [-0.3, -0.25) is 0 Å². The normalized spacial score (nSPS) is 33.1. The summed E-state index contributed by atoms with van der Waals surface area (Å²) in [6, 6.07) is 0.194. The van der Waals surface area contributed by atoms with Crippen molar-refractivity contribution in [3.05, 3.63) is 0 Å². The maximum absolute atomic E-state index is 6.70. The second kappa shape index (κ2) is 6.97. The highest BCUT2D eigenvalue weighted by molar-refractivity contribution is 4.96. The van der Waals surface area contributed by atoms with Gasteiger partial charge in [0, 0.05) is 19.8 Å². The van der Waals surface area contributed by atoms with E-state index in [-0.39, 0.29) is 17.7 Å². The molecule has 21 heavy (non-hydrogen) atoms. The zero-order chi connectivity index (χ0) is 14.7. The molecule has 3 fully saturated rings. The maximum atomic E-state index is 6.70. The molecule has 3 heteroatoms. The highest BCUT2D eigenvalue weighted by Crippen LogP contribution is 2.44. The minimum atomic E-state index is 0.172. The van der Waals surface area contributed by atoms with Gasteiger partial charge in [0.25, 0.3) is 0 Å². The van der Waals surface area contributed by atoms with Gasteiger partial charge in [-0.15, -0.1) is 0 Å². The molecule has 0 aromatic rings. The fraction of sp³-hybridized carbons (Fsp3) is 1.00. The van der Waals surface area contributed by atoms with Gasteiger partial charge in [0.05, 0.1) is 11.7 Å². The molecule has 0 bridgehead atoms. The average molecular weight is 295 g/mol. The van der Waals surface area contributed by atoms with Crippen molar-refractivity contribution < 1.29 is 9.47 Å². The van der Waals surface area contributed by atoms with Crippen LogP contribution in [0, 0.1) is 11.8 Å². The summed E-state index contributed by atoms with van der Waals surface area (Å²) in [5.74, 6) is 1.27. The molecule has 0 amide bonds. The third-order valence-electron chi connectivity index (χ3n) is 6.36. The first-order valence-electron chi connectivity index (χ1n) is 9.16. The first-order valence-corrected chi connectivity index (χ1v) is 9.16. The van der Waals surface area contributed by atoms with Crippen molar-refractivity contribution >= 4 is 0 Å². The molecule has 0 aromatic carbocycles. The molecular weight excluding hydrogens is 262 g/mol. The standard InChI is InChI=1S/C18H33NO2/c1-20-17(14-7-3-2-4-8-14)16(19)15-9-12-21-18(13-15)10-5-6-11-18/h14-17H,2-13,19H2,1H3. The van der Waals surface area contributed by atoms with Crippen LogP contribution in [0.4, 0.5) is 0 Å². The average Bonchev–Trinajstić information content (AvgIpc) is 2.97. The van der Waals surface area contributed by atoms with Gasteiger partial charge in [-0.05, 0) is 50.4 Å². The van der Waals surface area contributed by atoms with E-state index in [4.69, 9.17) is 15.2 Å². The Bertz CT molecular complexity index is 321. The largest absolute Gasteiger partial charge is 0.380 e. The SMILES string of the molecule is COC(C1CCCCC1)C(N)C1CCOC2(CCCC2)C1. The Morgan fingerprint density at radius 3 is 2.38 bits per heavy atom. The minimum absolute atomic E-state index is 0.172. The number of rotatable bonds is 4. The molecule has 3 rings (SSSR count). The van der Waals surface area contributed by atoms with Crippen LogP contribution in [0.5, 0.6) is 0 Å². The molecule has 1 aliphatic heterocycles. The summed E-state index contributed by atoms with van der Waals surface area (Å²) >= 11 is 0. The molecule has 3 unspecified atom stereocenters. The second-order valence-corrected chi connectivity index (χ2v) is 7.67. The van der Waals surface area contributed by atoms with Gasteiger partial charge in [-0.25, -0.2) is 0 Å². The van der Waals surface area contributed by atoms with Crippen LogP contribution >= 0.6 is 0 Å². The molecule has 3 aliphatic rings. The quantitative estimate of drug-likeness (QED) is 0.861. The van der Waals surface area contributed by atoms with Crippen LogP contribution in [0.3, 0.4) is 0 Å². The first-order chi connectivity index (χ1) is 10.2. The molecule has 0 aromatic heterocycles. The fourth-order valence-electron chi connectivity index (χ4n) is 5.16. The van der Waals surface area contributed by atoms with Crippen LogP contribution in [0.15, 0.2) is 0 Å². The van der Waals surface area contributed by atoms with Crippen molar-refractivity contribution in [1.29, 1.82) is 0 Å². The molecule has 2 aliphatic carbocycles. The van der Waals surface area contributed by atoms with E-state index in [0.717, 1.165) is 13.0 Å². The number of hydrogen-bond acceptors (Lipinski definition) is 3. The smallest absolute Gasteiger partial charge is 0.0752 e. The van der Waals surface area contributed by atoms with Crippen LogP contribution in [-0.4, -0.2) is 31.5 Å². The Morgan fingerprint density at radius 1 is 1.00 bits per heavy atom. The number of methoxy groups -OCH3 is 1. The molecule has 3 nitrogen and oxygen atoms in total. The Kier molecular flexibility index (Phi) is 5.23. The Hall–Kier alpha value is -0.120. The monoisotopic (exact) mass is 295 g/mol. The van der Waals surface area contributed by atoms with Gasteiger partial charge >= 0.3 is 0 Å². The first kappa shape index (κ1) is 15.8. The summed E-state index contributed by atoms with van der Waals surface area (Å²) in [6.45, 7) is 0.902. The zero-order valence-electron chi connectivity index (χ0n) is 13.7. The van der Waals surface area contributed by atoms with Crippen molar-refractivity contribution in [2.75, 3.05) is 13.7 Å². The molecule has 2 saturated carbocycles. The summed E-state index contributed by atoms with van der Waals surface area (Å²) < 4.78 is 12.1. The Labute approximate surface area is 129 Å². The van der Waals surface area contributed by atoms with Crippen molar-refractivity contribution in [3.63, 3.8) is 0 Å². The Morgan fingerprint density at radius 2 is 1.71 bits per heavy atom. The van der Waals surface area contributed by atoms with E-state index in [0.29, 0.717) is 11.8 Å². The van der Waals surface area contributed by atoms with Crippen LogP contribution < -0.4 is 5.73 Å². The van der Waals surface area contributed by atoms with Gasteiger partial charge in [0.2, 0.25) is 0 Å². The number of nitrogens with two attached hydrogens (primary N) is 1. The summed E-state index contributed by atoms with van der Waals surface area (Å²) in [7, 11) is 1.86. The van der Waals surface area contributed by atoms with E-state index in [9.17, 15) is 0 Å². The van der Waals surface area contributed by atoms with Crippen molar-refractivity contribution in [3.8, 4) is 0 Å². The van der Waals surface area contributed by atoms with E-state index >= 15 is 0 Å². The lowest BCUT2D eigenvalue weighted by Gasteiger charge is -2.43. The molecule has 1 spiro atoms. The van der Waals surface area contributed by atoms with Gasteiger partial charge in [-0.2, -0.15) is 0 Å². The van der Waals surface area contributed by atoms with Crippen LogP contribution in [0.1, 0.15) is 70.6 Å². The van der Waals surface area contributed by atoms with Crippen LogP contribution in [0.2, 0.25) is 0 Å². The van der Waals surface area contributed by atoms with Crippen LogP contribution in [0.25, 0.3) is 0 Å². The molecule has 1 heterocycles. The number of ether oxygens (including phenoxy) is 2. The third kappa shape index (κ3) is 3.46. The molecule has 0 radical (unpaired) electrons. The maximum Gasteiger partial charge on any atom is 0.0752 e. The molecule has 3 atom stereocenters. The van der Waals surface area contributed by atoms with Crippen LogP contribution in [-0.2, 0) is 9.47 Å². The number of hydrogen-bond donors (Lipinski definition) is 1. The van der Waals surface area contributed by atoms with E-state index in [1.165, 1.54) is 64.2 Å².